The lowest BCUT2D eigenvalue weighted by Crippen LogP contribution is -1.78. The molecule has 0 aliphatic heterocycles. The van der Waals surface area contributed by atoms with Crippen LogP contribution in [-0.4, -0.2) is 0 Å². The summed E-state index contributed by atoms with van der Waals surface area (Å²) in [5.41, 5.74) is 9.39. The molecule has 0 fully saturated rings. The smallest absolute Gasteiger partial charge is 0.190 e. The van der Waals surface area contributed by atoms with Crippen molar-refractivity contribution < 1.29 is 0 Å². The van der Waals surface area contributed by atoms with E-state index < -0.39 is 0 Å². The Bertz CT molecular complexity index is 358. The van der Waals surface area contributed by atoms with Crippen LogP contribution < -0.4 is 0 Å². The van der Waals surface area contributed by atoms with Gasteiger partial charge in [0.05, 0.1) is 6.57 Å². The molecule has 1 aromatic rings. The molecule has 0 radical (unpaired) electrons. The van der Waals surface area contributed by atoms with Gasteiger partial charge in [-0.1, -0.05) is 29.4 Å². The molecule has 0 bridgehead atoms. The summed E-state index contributed by atoms with van der Waals surface area (Å²) in [5, 5.41) is 3.39. The highest BCUT2D eigenvalue weighted by atomic mass is 15.1. The van der Waals surface area contributed by atoms with Gasteiger partial charge in [0, 0.05) is 11.5 Å². The van der Waals surface area contributed by atoms with Gasteiger partial charge < -0.3 is 0 Å². The fourth-order valence-corrected chi connectivity index (χ4v) is 0.861. The van der Waals surface area contributed by atoms with Gasteiger partial charge in [0.15, 0.2) is 5.69 Å². The van der Waals surface area contributed by atoms with Crippen molar-refractivity contribution in [2.75, 3.05) is 0 Å². The molecule has 0 saturated carbocycles. The summed E-state index contributed by atoms with van der Waals surface area (Å²) in [7, 11) is 0. The van der Waals surface area contributed by atoms with Crippen molar-refractivity contribution in [1.29, 1.82) is 0 Å². The molecule has 0 saturated heterocycles. The Hall–Kier alpha value is -1.98. The van der Waals surface area contributed by atoms with Crippen molar-refractivity contribution >= 4 is 5.69 Å². The summed E-state index contributed by atoms with van der Waals surface area (Å²) in [4.78, 5) is 5.92. The lowest BCUT2D eigenvalue weighted by molar-refractivity contribution is 1.05. The molecule has 0 heterocycles. The van der Waals surface area contributed by atoms with Gasteiger partial charge in [0.2, 0.25) is 0 Å². The van der Waals surface area contributed by atoms with E-state index in [-0.39, 0.29) is 6.54 Å². The van der Waals surface area contributed by atoms with E-state index >= 15 is 0 Å². The normalized spacial score (nSPS) is 8.25. The SMILES string of the molecule is [C-]#[N+]c1ccccc1CN=[N+]=[N-]. The minimum Gasteiger partial charge on any atom is -0.238 e. The second-order valence-electron chi connectivity index (χ2n) is 2.13. The minimum atomic E-state index is 0.245. The fourth-order valence-electron chi connectivity index (χ4n) is 0.861. The third-order valence-electron chi connectivity index (χ3n) is 1.42. The topological polar surface area (TPSA) is 53.1 Å². The number of benzene rings is 1. The molecular formula is C8H6N4. The van der Waals surface area contributed by atoms with Crippen LogP contribution in [0.4, 0.5) is 5.69 Å². The van der Waals surface area contributed by atoms with Crippen molar-refractivity contribution in [2.45, 2.75) is 6.54 Å². The molecule has 58 valence electrons. The summed E-state index contributed by atoms with van der Waals surface area (Å²) in [6, 6.07) is 7.08. The molecule has 12 heavy (non-hydrogen) atoms. The fraction of sp³-hybridized carbons (Fsp3) is 0.125. The number of hydrogen-bond acceptors (Lipinski definition) is 1. The average molecular weight is 158 g/mol. The van der Waals surface area contributed by atoms with E-state index in [1.807, 2.05) is 6.07 Å². The van der Waals surface area contributed by atoms with Crippen LogP contribution in [-0.2, 0) is 6.54 Å². The zero-order valence-corrected chi connectivity index (χ0v) is 6.31. The van der Waals surface area contributed by atoms with Crippen molar-refractivity contribution in [2.24, 2.45) is 5.11 Å². The zero-order valence-electron chi connectivity index (χ0n) is 6.31. The lowest BCUT2D eigenvalue weighted by atomic mass is 10.2. The highest BCUT2D eigenvalue weighted by Crippen LogP contribution is 2.18. The first-order valence-corrected chi connectivity index (χ1v) is 3.34. The van der Waals surface area contributed by atoms with Gasteiger partial charge in [-0.25, -0.2) is 4.85 Å². The maximum Gasteiger partial charge on any atom is 0.190 e. The molecule has 0 atom stereocenters. The Morgan fingerprint density at radius 3 is 2.83 bits per heavy atom. The van der Waals surface area contributed by atoms with Crippen LogP contribution in [0.1, 0.15) is 5.56 Å². The molecule has 0 aliphatic rings. The van der Waals surface area contributed by atoms with E-state index in [0.29, 0.717) is 5.69 Å². The van der Waals surface area contributed by atoms with E-state index in [2.05, 4.69) is 14.9 Å². The van der Waals surface area contributed by atoms with Gasteiger partial charge in [-0.05, 0) is 11.1 Å². The first kappa shape index (κ1) is 8.12. The molecule has 1 rings (SSSR count). The molecule has 4 nitrogen and oxygen atoms in total. The lowest BCUT2D eigenvalue weighted by Gasteiger charge is -1.96. The predicted molar refractivity (Wildman–Crippen MR) is 45.6 cm³/mol. The van der Waals surface area contributed by atoms with Crippen molar-refractivity contribution in [3.63, 3.8) is 0 Å². The Morgan fingerprint density at radius 1 is 1.42 bits per heavy atom. The van der Waals surface area contributed by atoms with Crippen LogP contribution in [0, 0.1) is 6.57 Å². The van der Waals surface area contributed by atoms with Gasteiger partial charge in [-0.2, -0.15) is 0 Å². The number of nitrogens with zero attached hydrogens (tertiary/aromatic N) is 4. The second kappa shape index (κ2) is 4.02. The first-order valence-electron chi connectivity index (χ1n) is 3.34. The van der Waals surface area contributed by atoms with Crippen LogP contribution >= 0.6 is 0 Å². The second-order valence-corrected chi connectivity index (χ2v) is 2.13. The van der Waals surface area contributed by atoms with Crippen LogP contribution in [0.25, 0.3) is 15.3 Å². The highest BCUT2D eigenvalue weighted by Gasteiger charge is 1.97. The maximum atomic E-state index is 8.07. The van der Waals surface area contributed by atoms with Crippen LogP contribution in [0.15, 0.2) is 29.4 Å². The quantitative estimate of drug-likeness (QED) is 0.275. The maximum absolute atomic E-state index is 8.07. The van der Waals surface area contributed by atoms with Gasteiger partial charge in [-0.15, -0.1) is 0 Å². The number of azide groups is 1. The van der Waals surface area contributed by atoms with E-state index in [1.54, 1.807) is 18.2 Å². The van der Waals surface area contributed by atoms with Gasteiger partial charge >= 0.3 is 0 Å². The van der Waals surface area contributed by atoms with Crippen molar-refractivity contribution in [3.05, 3.63) is 51.7 Å². The predicted octanol–water partition coefficient (Wildman–Crippen LogP) is 3.05. The van der Waals surface area contributed by atoms with Crippen LogP contribution in [0.3, 0.4) is 0 Å². The molecule has 0 aliphatic carbocycles. The average Bonchev–Trinajstić information content (AvgIpc) is 2.15. The molecule has 0 N–H and O–H groups in total. The van der Waals surface area contributed by atoms with Crippen LogP contribution in [0.2, 0.25) is 0 Å². The number of hydrogen-bond donors (Lipinski definition) is 0. The third kappa shape index (κ3) is 1.75. The van der Waals surface area contributed by atoms with E-state index in [1.165, 1.54) is 0 Å². The van der Waals surface area contributed by atoms with Gasteiger partial charge in [0.25, 0.3) is 0 Å². The Labute approximate surface area is 69.9 Å². The zero-order chi connectivity index (χ0) is 8.81. The summed E-state index contributed by atoms with van der Waals surface area (Å²) in [6.45, 7) is 7.06. The van der Waals surface area contributed by atoms with Crippen molar-refractivity contribution in [1.82, 2.24) is 0 Å². The largest absolute Gasteiger partial charge is 0.238 e. The van der Waals surface area contributed by atoms with Crippen molar-refractivity contribution in [3.8, 4) is 0 Å². The summed E-state index contributed by atoms with van der Waals surface area (Å²) in [6.07, 6.45) is 0. The number of para-hydroxylation sites is 1. The highest BCUT2D eigenvalue weighted by molar-refractivity contribution is 5.51. The number of rotatable bonds is 2. The van der Waals surface area contributed by atoms with Crippen LogP contribution in [0.5, 0.6) is 0 Å². The van der Waals surface area contributed by atoms with E-state index in [4.69, 9.17) is 12.1 Å². The standard InChI is InChI=1S/C8H6N4/c1-10-8-5-3-2-4-7(8)6-11-12-9/h2-5H,6H2. The van der Waals surface area contributed by atoms with Gasteiger partial charge in [-0.3, -0.25) is 0 Å². The molecular weight excluding hydrogens is 152 g/mol. The Morgan fingerprint density at radius 2 is 2.17 bits per heavy atom. The molecule has 1 aromatic carbocycles. The third-order valence-corrected chi connectivity index (χ3v) is 1.42. The van der Waals surface area contributed by atoms with Gasteiger partial charge in [0.1, 0.15) is 0 Å². The molecule has 0 amide bonds. The summed E-state index contributed by atoms with van der Waals surface area (Å²) < 4.78 is 0. The summed E-state index contributed by atoms with van der Waals surface area (Å²) >= 11 is 0. The summed E-state index contributed by atoms with van der Waals surface area (Å²) in [5.74, 6) is 0. The molecule has 0 spiro atoms. The molecule has 4 heteroatoms. The Kier molecular flexibility index (Phi) is 2.72. The Balaban J connectivity index is 2.98. The molecule has 0 aromatic heterocycles. The molecule has 0 unspecified atom stereocenters. The van der Waals surface area contributed by atoms with E-state index in [0.717, 1.165) is 5.56 Å². The monoisotopic (exact) mass is 158 g/mol. The first-order chi connectivity index (χ1) is 5.88. The van der Waals surface area contributed by atoms with E-state index in [9.17, 15) is 0 Å². The minimum absolute atomic E-state index is 0.245.